The first-order valence-electron chi connectivity index (χ1n) is 5.05. The molecule has 0 aliphatic carbocycles. The number of benzene rings is 1. The second kappa shape index (κ2) is 4.30. The van der Waals surface area contributed by atoms with E-state index in [2.05, 4.69) is 10.0 Å². The van der Waals surface area contributed by atoms with Gasteiger partial charge < -0.3 is 9.67 Å². The van der Waals surface area contributed by atoms with Crippen LogP contribution in [0.4, 0.5) is 0 Å². The second-order valence-electron chi connectivity index (χ2n) is 3.83. The summed E-state index contributed by atoms with van der Waals surface area (Å²) in [6, 6.07) is 8.96. The first-order valence-corrected chi connectivity index (χ1v) is 7.01. The third-order valence-electron chi connectivity index (χ3n) is 2.89. The average Bonchev–Trinajstić information content (AvgIpc) is 2.60. The van der Waals surface area contributed by atoms with Gasteiger partial charge in [0.1, 0.15) is 12.9 Å². The Bertz CT molecular complexity index is 470. The second-order valence-corrected chi connectivity index (χ2v) is 6.91. The third-order valence-corrected chi connectivity index (χ3v) is 6.29. The zero-order chi connectivity index (χ0) is 11.6. The standard InChI is InChI=1S/C10H12N3O2P/c11-13-12-10-9(14)6-7-16(10,15)8-4-2-1-3-5-8/h1-5,9-10,14H,6-7H2/t9-,10-,16?/m1/s1. The van der Waals surface area contributed by atoms with Crippen LogP contribution < -0.4 is 5.30 Å². The first kappa shape index (κ1) is 11.2. The number of nitrogens with zero attached hydrogens (tertiary/aromatic N) is 3. The van der Waals surface area contributed by atoms with Crippen LogP contribution in [0.3, 0.4) is 0 Å². The predicted octanol–water partition coefficient (Wildman–Crippen LogP) is 2.08. The van der Waals surface area contributed by atoms with Crippen LogP contribution in [-0.4, -0.2) is 23.2 Å². The maximum absolute atomic E-state index is 12.7. The van der Waals surface area contributed by atoms with Gasteiger partial charge >= 0.3 is 0 Å². The fourth-order valence-electron chi connectivity index (χ4n) is 2.06. The lowest BCUT2D eigenvalue weighted by Crippen LogP contribution is -2.20. The van der Waals surface area contributed by atoms with Crippen molar-refractivity contribution in [3.63, 3.8) is 0 Å². The van der Waals surface area contributed by atoms with E-state index in [1.165, 1.54) is 0 Å². The van der Waals surface area contributed by atoms with Gasteiger partial charge in [-0.25, -0.2) is 0 Å². The zero-order valence-corrected chi connectivity index (χ0v) is 9.49. The summed E-state index contributed by atoms with van der Waals surface area (Å²) < 4.78 is 12.7. The molecule has 0 spiro atoms. The molecule has 0 radical (unpaired) electrons. The number of hydrogen-bond acceptors (Lipinski definition) is 3. The average molecular weight is 237 g/mol. The number of aliphatic hydroxyl groups excluding tert-OH is 1. The molecule has 16 heavy (non-hydrogen) atoms. The molecule has 3 atom stereocenters. The fraction of sp³-hybridized carbons (Fsp3) is 0.400. The van der Waals surface area contributed by atoms with Crippen LogP contribution in [0, 0.1) is 0 Å². The van der Waals surface area contributed by atoms with Gasteiger partial charge in [0.05, 0.1) is 6.10 Å². The topological polar surface area (TPSA) is 86.1 Å². The predicted molar refractivity (Wildman–Crippen MR) is 62.1 cm³/mol. The Balaban J connectivity index is 2.45. The molecule has 1 aliphatic rings. The Morgan fingerprint density at radius 3 is 2.75 bits per heavy atom. The van der Waals surface area contributed by atoms with E-state index in [0.717, 1.165) is 0 Å². The lowest BCUT2D eigenvalue weighted by Gasteiger charge is -2.18. The lowest BCUT2D eigenvalue weighted by molar-refractivity contribution is 0.176. The van der Waals surface area contributed by atoms with Crippen molar-refractivity contribution in [2.45, 2.75) is 18.3 Å². The molecular weight excluding hydrogens is 225 g/mol. The highest BCUT2D eigenvalue weighted by Gasteiger charge is 2.44. The van der Waals surface area contributed by atoms with Gasteiger partial charge in [0.2, 0.25) is 0 Å². The Morgan fingerprint density at radius 1 is 1.44 bits per heavy atom. The van der Waals surface area contributed by atoms with Crippen molar-refractivity contribution in [1.82, 2.24) is 0 Å². The molecule has 1 unspecified atom stereocenters. The highest BCUT2D eigenvalue weighted by atomic mass is 31.2. The van der Waals surface area contributed by atoms with Crippen molar-refractivity contribution >= 4 is 12.4 Å². The number of aliphatic hydroxyl groups is 1. The molecule has 1 heterocycles. The molecule has 1 aliphatic heterocycles. The minimum Gasteiger partial charge on any atom is -0.392 e. The Labute approximate surface area is 93.1 Å². The Morgan fingerprint density at radius 2 is 2.12 bits per heavy atom. The Hall–Kier alpha value is -1.28. The van der Waals surface area contributed by atoms with Gasteiger partial charge in [-0.1, -0.05) is 35.4 Å². The third kappa shape index (κ3) is 1.74. The van der Waals surface area contributed by atoms with Gasteiger partial charge in [-0.2, -0.15) is 0 Å². The SMILES string of the molecule is [N-]=[N+]=N[C@H]1[C@H](O)CCP1(=O)c1ccccc1. The molecule has 0 bridgehead atoms. The van der Waals surface area contributed by atoms with Crippen molar-refractivity contribution < 1.29 is 9.67 Å². The van der Waals surface area contributed by atoms with Gasteiger partial charge in [-0.05, 0) is 12.0 Å². The van der Waals surface area contributed by atoms with Gasteiger partial charge in [0, 0.05) is 16.4 Å². The largest absolute Gasteiger partial charge is 0.392 e. The summed E-state index contributed by atoms with van der Waals surface area (Å²) in [4.78, 5) is 2.68. The maximum atomic E-state index is 12.7. The van der Waals surface area contributed by atoms with Crippen LogP contribution in [0.25, 0.3) is 10.4 Å². The summed E-state index contributed by atoms with van der Waals surface area (Å²) in [5, 5.41) is 13.9. The van der Waals surface area contributed by atoms with Gasteiger partial charge in [0.15, 0.2) is 0 Å². The van der Waals surface area contributed by atoms with Crippen LogP contribution in [-0.2, 0) is 4.57 Å². The first-order chi connectivity index (χ1) is 7.68. The van der Waals surface area contributed by atoms with Gasteiger partial charge in [-0.3, -0.25) is 0 Å². The van der Waals surface area contributed by atoms with Crippen molar-refractivity contribution in [2.75, 3.05) is 6.16 Å². The van der Waals surface area contributed by atoms with E-state index >= 15 is 0 Å². The summed E-state index contributed by atoms with van der Waals surface area (Å²) in [6.07, 6.45) is 0.0412. The molecule has 2 rings (SSSR count). The lowest BCUT2D eigenvalue weighted by atomic mass is 10.3. The normalized spacial score (nSPS) is 33.3. The summed E-state index contributed by atoms with van der Waals surface area (Å²) in [5.74, 6) is -0.806. The van der Waals surface area contributed by atoms with Gasteiger partial charge in [0.25, 0.3) is 0 Å². The zero-order valence-electron chi connectivity index (χ0n) is 8.60. The molecule has 1 fully saturated rings. The number of azide groups is 1. The summed E-state index contributed by atoms with van der Waals surface area (Å²) in [7, 11) is -2.78. The molecule has 6 heteroatoms. The molecule has 1 aromatic rings. The summed E-state index contributed by atoms with van der Waals surface area (Å²) >= 11 is 0. The van der Waals surface area contributed by atoms with E-state index < -0.39 is 19.0 Å². The molecule has 0 aromatic heterocycles. The smallest absolute Gasteiger partial charge is 0.127 e. The van der Waals surface area contributed by atoms with Crippen molar-refractivity contribution in [2.24, 2.45) is 5.11 Å². The molecule has 1 aromatic carbocycles. The molecular formula is C10H12N3O2P. The van der Waals surface area contributed by atoms with E-state index in [1.54, 1.807) is 24.3 Å². The monoisotopic (exact) mass is 237 g/mol. The molecule has 1 N–H and O–H groups in total. The van der Waals surface area contributed by atoms with Gasteiger partial charge in [-0.15, -0.1) is 0 Å². The highest BCUT2D eigenvalue weighted by molar-refractivity contribution is 7.72. The highest BCUT2D eigenvalue weighted by Crippen LogP contribution is 2.57. The Kier molecular flexibility index (Phi) is 3.01. The number of rotatable bonds is 2. The minimum absolute atomic E-state index is 0.405. The fourth-order valence-corrected chi connectivity index (χ4v) is 5.13. The van der Waals surface area contributed by atoms with Crippen LogP contribution in [0.1, 0.15) is 6.42 Å². The molecule has 5 nitrogen and oxygen atoms in total. The van der Waals surface area contributed by atoms with E-state index in [0.29, 0.717) is 17.9 Å². The van der Waals surface area contributed by atoms with Crippen molar-refractivity contribution in [3.05, 3.63) is 40.8 Å². The molecule has 84 valence electrons. The van der Waals surface area contributed by atoms with E-state index in [9.17, 15) is 9.67 Å². The van der Waals surface area contributed by atoms with E-state index in [-0.39, 0.29) is 0 Å². The summed E-state index contributed by atoms with van der Waals surface area (Å²) in [6.45, 7) is 0. The number of hydrogen-bond donors (Lipinski definition) is 1. The van der Waals surface area contributed by atoms with E-state index in [1.807, 2.05) is 6.07 Å². The van der Waals surface area contributed by atoms with Crippen LogP contribution in [0.15, 0.2) is 35.4 Å². The van der Waals surface area contributed by atoms with E-state index in [4.69, 9.17) is 5.53 Å². The van der Waals surface area contributed by atoms with Crippen molar-refractivity contribution in [1.29, 1.82) is 0 Å². The minimum atomic E-state index is -2.78. The molecule has 0 saturated carbocycles. The summed E-state index contributed by atoms with van der Waals surface area (Å²) in [5.41, 5.74) is 8.45. The van der Waals surface area contributed by atoms with Crippen LogP contribution >= 0.6 is 7.14 Å². The van der Waals surface area contributed by atoms with Crippen LogP contribution in [0.5, 0.6) is 0 Å². The molecule has 1 saturated heterocycles. The maximum Gasteiger partial charge on any atom is 0.127 e. The van der Waals surface area contributed by atoms with Crippen molar-refractivity contribution in [3.8, 4) is 0 Å². The molecule has 0 amide bonds. The van der Waals surface area contributed by atoms with Crippen LogP contribution in [0.2, 0.25) is 0 Å². The quantitative estimate of drug-likeness (QED) is 0.369.